The fourth-order valence-electron chi connectivity index (χ4n) is 1.66. The fourth-order valence-corrected chi connectivity index (χ4v) is 1.66. The highest BCUT2D eigenvalue weighted by Gasteiger charge is 2.18. The van der Waals surface area contributed by atoms with Gasteiger partial charge in [0, 0.05) is 0 Å². The van der Waals surface area contributed by atoms with Crippen LogP contribution in [0.4, 0.5) is 0 Å². The summed E-state index contributed by atoms with van der Waals surface area (Å²) >= 11 is 0. The molecule has 0 aromatic carbocycles. The van der Waals surface area contributed by atoms with Gasteiger partial charge < -0.3 is 0 Å². The van der Waals surface area contributed by atoms with Gasteiger partial charge in [-0.2, -0.15) is 0 Å². The molecule has 0 spiro atoms. The van der Waals surface area contributed by atoms with Crippen LogP contribution in [0.15, 0.2) is 12.2 Å². The molecule has 3 atom stereocenters. The van der Waals surface area contributed by atoms with Crippen LogP contribution >= 0.6 is 0 Å². The summed E-state index contributed by atoms with van der Waals surface area (Å²) in [7, 11) is 0. The van der Waals surface area contributed by atoms with E-state index in [1.165, 1.54) is 18.4 Å². The predicted molar refractivity (Wildman–Crippen MR) is 57.2 cm³/mol. The van der Waals surface area contributed by atoms with Crippen LogP contribution in [0, 0.1) is 17.8 Å². The van der Waals surface area contributed by atoms with E-state index in [1.54, 1.807) is 0 Å². The molecular formula is C12H24. The summed E-state index contributed by atoms with van der Waals surface area (Å²) in [5.41, 5.74) is 1.32. The zero-order chi connectivity index (χ0) is 9.72. The Kier molecular flexibility index (Phi) is 5.28. The Labute approximate surface area is 78.1 Å². The van der Waals surface area contributed by atoms with Crippen LogP contribution in [0.1, 0.15) is 47.5 Å². The van der Waals surface area contributed by atoms with Gasteiger partial charge in [-0.3, -0.25) is 0 Å². The van der Waals surface area contributed by atoms with E-state index >= 15 is 0 Å². The Bertz CT molecular complexity index is 135. The van der Waals surface area contributed by atoms with Crippen molar-refractivity contribution in [2.45, 2.75) is 47.5 Å². The van der Waals surface area contributed by atoms with E-state index in [9.17, 15) is 0 Å². The van der Waals surface area contributed by atoms with Gasteiger partial charge in [-0.1, -0.05) is 52.7 Å². The first-order valence-corrected chi connectivity index (χ1v) is 5.16. The highest BCUT2D eigenvalue weighted by molar-refractivity contribution is 4.96. The monoisotopic (exact) mass is 168 g/mol. The zero-order valence-corrected chi connectivity index (χ0v) is 9.35. The fraction of sp³-hybridized carbons (Fsp3) is 0.833. The maximum absolute atomic E-state index is 4.02. The lowest BCUT2D eigenvalue weighted by atomic mass is 9.80. The summed E-state index contributed by atoms with van der Waals surface area (Å²) in [6.07, 6.45) is 2.65. The molecule has 0 aliphatic carbocycles. The van der Waals surface area contributed by atoms with Gasteiger partial charge in [0.1, 0.15) is 0 Å². The molecule has 12 heavy (non-hydrogen) atoms. The highest BCUT2D eigenvalue weighted by Crippen LogP contribution is 2.27. The number of hydrogen-bond acceptors (Lipinski definition) is 0. The van der Waals surface area contributed by atoms with E-state index in [0.29, 0.717) is 5.92 Å². The summed E-state index contributed by atoms with van der Waals surface area (Å²) in [5, 5.41) is 0. The van der Waals surface area contributed by atoms with Crippen LogP contribution in [-0.4, -0.2) is 0 Å². The molecule has 0 aliphatic rings. The number of rotatable bonds is 5. The minimum atomic E-state index is 0.673. The lowest BCUT2D eigenvalue weighted by molar-refractivity contribution is 0.292. The highest BCUT2D eigenvalue weighted by atomic mass is 14.2. The summed E-state index contributed by atoms with van der Waals surface area (Å²) in [6, 6.07) is 0. The molecule has 0 aromatic heterocycles. The molecule has 0 saturated heterocycles. The van der Waals surface area contributed by atoms with Crippen molar-refractivity contribution in [1.29, 1.82) is 0 Å². The molecule has 0 bridgehead atoms. The van der Waals surface area contributed by atoms with Crippen molar-refractivity contribution in [3.8, 4) is 0 Å². The largest absolute Gasteiger partial charge is 0.0999 e. The molecule has 0 N–H and O–H groups in total. The van der Waals surface area contributed by atoms with Gasteiger partial charge in [0.05, 0.1) is 0 Å². The van der Waals surface area contributed by atoms with E-state index in [-0.39, 0.29) is 0 Å². The van der Waals surface area contributed by atoms with Crippen molar-refractivity contribution in [1.82, 2.24) is 0 Å². The second-order valence-corrected chi connectivity index (χ2v) is 4.26. The van der Waals surface area contributed by atoms with Crippen molar-refractivity contribution in [3.63, 3.8) is 0 Å². The predicted octanol–water partition coefficient (Wildman–Crippen LogP) is 4.27. The number of hydrogen-bond donors (Lipinski definition) is 0. The van der Waals surface area contributed by atoms with Crippen LogP contribution in [0.3, 0.4) is 0 Å². The molecule has 3 unspecified atom stereocenters. The SMILES string of the molecule is C=C(C)C(C)C(C)C(C)CCC. The first-order chi connectivity index (χ1) is 5.50. The van der Waals surface area contributed by atoms with Crippen LogP contribution in [0.2, 0.25) is 0 Å². The Balaban J connectivity index is 3.99. The van der Waals surface area contributed by atoms with Crippen LogP contribution < -0.4 is 0 Å². The van der Waals surface area contributed by atoms with E-state index in [2.05, 4.69) is 41.2 Å². The summed E-state index contributed by atoms with van der Waals surface area (Å²) in [5.74, 6) is 2.29. The molecule has 0 aromatic rings. The maximum atomic E-state index is 4.02. The molecular weight excluding hydrogens is 144 g/mol. The molecule has 0 nitrogen and oxygen atoms in total. The summed E-state index contributed by atoms with van der Waals surface area (Å²) < 4.78 is 0. The van der Waals surface area contributed by atoms with Gasteiger partial charge in [0.15, 0.2) is 0 Å². The first-order valence-electron chi connectivity index (χ1n) is 5.16. The normalized spacial score (nSPS) is 18.4. The van der Waals surface area contributed by atoms with Gasteiger partial charge >= 0.3 is 0 Å². The molecule has 0 rings (SSSR count). The zero-order valence-electron chi connectivity index (χ0n) is 9.35. The molecule has 0 amide bonds. The van der Waals surface area contributed by atoms with E-state index in [4.69, 9.17) is 0 Å². The van der Waals surface area contributed by atoms with Crippen molar-refractivity contribution < 1.29 is 0 Å². The lowest BCUT2D eigenvalue weighted by Crippen LogP contribution is -2.17. The molecule has 0 saturated carbocycles. The van der Waals surface area contributed by atoms with Gasteiger partial charge in [0.2, 0.25) is 0 Å². The second-order valence-electron chi connectivity index (χ2n) is 4.26. The first kappa shape index (κ1) is 11.7. The Morgan fingerprint density at radius 3 is 2.08 bits per heavy atom. The molecule has 0 aliphatic heterocycles. The molecule has 0 radical (unpaired) electrons. The second kappa shape index (κ2) is 5.40. The van der Waals surface area contributed by atoms with Crippen molar-refractivity contribution in [2.75, 3.05) is 0 Å². The summed E-state index contributed by atoms with van der Waals surface area (Å²) in [6.45, 7) is 15.4. The maximum Gasteiger partial charge on any atom is -0.0209 e. The standard InChI is InChI=1S/C12H24/c1-7-8-10(4)12(6)11(5)9(2)3/h10-12H,2,7-8H2,1,3-6H3. The molecule has 0 heterocycles. The Morgan fingerprint density at radius 1 is 1.25 bits per heavy atom. The van der Waals surface area contributed by atoms with E-state index < -0.39 is 0 Å². The quantitative estimate of drug-likeness (QED) is 0.538. The minimum absolute atomic E-state index is 0.673. The Hall–Kier alpha value is -0.260. The third-order valence-electron chi connectivity index (χ3n) is 3.21. The summed E-state index contributed by atoms with van der Waals surface area (Å²) in [4.78, 5) is 0. The molecule has 72 valence electrons. The van der Waals surface area contributed by atoms with E-state index in [1.807, 2.05) is 0 Å². The van der Waals surface area contributed by atoms with Crippen LogP contribution in [0.25, 0.3) is 0 Å². The van der Waals surface area contributed by atoms with Gasteiger partial charge in [-0.25, -0.2) is 0 Å². The van der Waals surface area contributed by atoms with Crippen molar-refractivity contribution in [2.24, 2.45) is 17.8 Å². The number of allylic oxidation sites excluding steroid dienone is 1. The molecule has 0 heteroatoms. The van der Waals surface area contributed by atoms with Gasteiger partial charge in [0.25, 0.3) is 0 Å². The topological polar surface area (TPSA) is 0 Å². The Morgan fingerprint density at radius 2 is 1.75 bits per heavy atom. The van der Waals surface area contributed by atoms with Gasteiger partial charge in [-0.05, 0) is 24.7 Å². The van der Waals surface area contributed by atoms with Crippen LogP contribution in [0.5, 0.6) is 0 Å². The third-order valence-corrected chi connectivity index (χ3v) is 3.21. The lowest BCUT2D eigenvalue weighted by Gasteiger charge is -2.26. The van der Waals surface area contributed by atoms with Crippen molar-refractivity contribution >= 4 is 0 Å². The average Bonchev–Trinajstić information content (AvgIpc) is 2.02. The smallest absolute Gasteiger partial charge is 0.0209 e. The van der Waals surface area contributed by atoms with E-state index in [0.717, 1.165) is 11.8 Å². The minimum Gasteiger partial charge on any atom is -0.0999 e. The van der Waals surface area contributed by atoms with Crippen molar-refractivity contribution in [3.05, 3.63) is 12.2 Å². The van der Waals surface area contributed by atoms with Crippen LogP contribution in [-0.2, 0) is 0 Å². The molecule has 0 fully saturated rings. The van der Waals surface area contributed by atoms with Gasteiger partial charge in [-0.15, -0.1) is 0 Å². The third kappa shape index (κ3) is 3.42. The average molecular weight is 168 g/mol.